The van der Waals surface area contributed by atoms with Gasteiger partial charge in [0.2, 0.25) is 0 Å². The van der Waals surface area contributed by atoms with Crippen LogP contribution in [0.4, 0.5) is 0 Å². The predicted molar refractivity (Wildman–Crippen MR) is 63.1 cm³/mol. The van der Waals surface area contributed by atoms with Crippen molar-refractivity contribution in [3.8, 4) is 0 Å². The number of ketones is 1. The second-order valence-corrected chi connectivity index (χ2v) is 4.42. The van der Waals surface area contributed by atoms with E-state index in [4.69, 9.17) is 5.73 Å². The van der Waals surface area contributed by atoms with E-state index >= 15 is 0 Å². The minimum atomic E-state index is -0.750. The molecule has 0 spiro atoms. The van der Waals surface area contributed by atoms with Gasteiger partial charge >= 0.3 is 0 Å². The van der Waals surface area contributed by atoms with E-state index in [1.54, 1.807) is 6.92 Å². The van der Waals surface area contributed by atoms with Crippen molar-refractivity contribution in [2.45, 2.75) is 39.7 Å². The Kier molecular flexibility index (Phi) is 3.30. The summed E-state index contributed by atoms with van der Waals surface area (Å²) < 4.78 is 0. The van der Waals surface area contributed by atoms with Crippen LogP contribution in [0.2, 0.25) is 0 Å². The average molecular weight is 205 g/mol. The fourth-order valence-corrected chi connectivity index (χ4v) is 1.54. The van der Waals surface area contributed by atoms with E-state index in [1.165, 1.54) is 5.56 Å². The van der Waals surface area contributed by atoms with Crippen LogP contribution in [-0.2, 0) is 0 Å². The highest BCUT2D eigenvalue weighted by Crippen LogP contribution is 2.18. The zero-order valence-electron chi connectivity index (χ0n) is 9.92. The summed E-state index contributed by atoms with van der Waals surface area (Å²) in [6, 6.07) is 5.83. The molecule has 15 heavy (non-hydrogen) atoms. The molecule has 2 nitrogen and oxygen atoms in total. The van der Waals surface area contributed by atoms with Crippen molar-refractivity contribution < 1.29 is 4.79 Å². The van der Waals surface area contributed by atoms with Gasteiger partial charge in [-0.1, -0.05) is 30.7 Å². The van der Waals surface area contributed by atoms with Gasteiger partial charge in [-0.25, -0.2) is 0 Å². The van der Waals surface area contributed by atoms with Crippen LogP contribution in [0.1, 0.15) is 41.8 Å². The molecule has 1 unspecified atom stereocenters. The molecule has 2 heteroatoms. The zero-order chi connectivity index (χ0) is 11.6. The molecule has 2 N–H and O–H groups in total. The van der Waals surface area contributed by atoms with E-state index < -0.39 is 5.54 Å². The second-order valence-electron chi connectivity index (χ2n) is 4.42. The number of carbonyl (C=O) groups excluding carboxylic acids is 1. The summed E-state index contributed by atoms with van der Waals surface area (Å²) >= 11 is 0. The van der Waals surface area contributed by atoms with Gasteiger partial charge in [0.1, 0.15) is 0 Å². The summed E-state index contributed by atoms with van der Waals surface area (Å²) in [5, 5.41) is 0. The first-order valence-corrected chi connectivity index (χ1v) is 5.29. The van der Waals surface area contributed by atoms with Crippen molar-refractivity contribution in [3.05, 3.63) is 34.9 Å². The van der Waals surface area contributed by atoms with Gasteiger partial charge in [0.25, 0.3) is 0 Å². The van der Waals surface area contributed by atoms with E-state index in [2.05, 4.69) is 0 Å². The van der Waals surface area contributed by atoms with E-state index in [1.807, 2.05) is 39.0 Å². The van der Waals surface area contributed by atoms with Gasteiger partial charge in [0.15, 0.2) is 5.78 Å². The standard InChI is InChI=1S/C13H19NO/c1-5-13(4,14)12(15)11-7-6-9(2)8-10(11)3/h6-8H,5,14H2,1-4H3. The van der Waals surface area contributed by atoms with Crippen LogP contribution >= 0.6 is 0 Å². The Labute approximate surface area is 91.5 Å². The first-order chi connectivity index (χ1) is 6.88. The molecule has 1 atom stereocenters. The monoisotopic (exact) mass is 205 g/mol. The molecule has 1 aromatic rings. The van der Waals surface area contributed by atoms with Crippen molar-refractivity contribution in [1.82, 2.24) is 0 Å². The molecule has 82 valence electrons. The lowest BCUT2D eigenvalue weighted by atomic mass is 9.87. The van der Waals surface area contributed by atoms with Crippen molar-refractivity contribution >= 4 is 5.78 Å². The normalized spacial score (nSPS) is 14.7. The maximum Gasteiger partial charge on any atom is 0.182 e. The summed E-state index contributed by atoms with van der Waals surface area (Å²) in [6.07, 6.45) is 0.652. The SMILES string of the molecule is CCC(C)(N)C(=O)c1ccc(C)cc1C. The number of hydrogen-bond acceptors (Lipinski definition) is 2. The lowest BCUT2D eigenvalue weighted by Crippen LogP contribution is -2.44. The quantitative estimate of drug-likeness (QED) is 0.771. The minimum absolute atomic E-state index is 0.0301. The number of rotatable bonds is 3. The molecule has 0 heterocycles. The number of hydrogen-bond donors (Lipinski definition) is 1. The number of nitrogens with two attached hydrogens (primary N) is 1. The molecular formula is C13H19NO. The smallest absolute Gasteiger partial charge is 0.182 e. The van der Waals surface area contributed by atoms with Crippen LogP contribution < -0.4 is 5.73 Å². The Bertz CT molecular complexity index is 380. The summed E-state index contributed by atoms with van der Waals surface area (Å²) in [6.45, 7) is 7.69. The highest BCUT2D eigenvalue weighted by Gasteiger charge is 2.27. The maximum atomic E-state index is 12.1. The lowest BCUT2D eigenvalue weighted by molar-refractivity contribution is 0.0897. The van der Waals surface area contributed by atoms with Crippen LogP contribution in [-0.4, -0.2) is 11.3 Å². The van der Waals surface area contributed by atoms with Crippen LogP contribution in [0.3, 0.4) is 0 Å². The van der Waals surface area contributed by atoms with E-state index in [0.717, 1.165) is 11.1 Å². The van der Waals surface area contributed by atoms with Gasteiger partial charge in [-0.3, -0.25) is 4.79 Å². The van der Waals surface area contributed by atoms with Crippen LogP contribution in [0, 0.1) is 13.8 Å². The molecule has 0 saturated heterocycles. The summed E-state index contributed by atoms with van der Waals surface area (Å²) in [4.78, 5) is 12.1. The molecule has 0 aliphatic heterocycles. The molecule has 0 amide bonds. The fourth-order valence-electron chi connectivity index (χ4n) is 1.54. The van der Waals surface area contributed by atoms with Gasteiger partial charge in [0.05, 0.1) is 5.54 Å². The second kappa shape index (κ2) is 4.15. The minimum Gasteiger partial charge on any atom is -0.319 e. The lowest BCUT2D eigenvalue weighted by Gasteiger charge is -2.22. The molecule has 1 aromatic carbocycles. The number of carbonyl (C=O) groups is 1. The first-order valence-electron chi connectivity index (χ1n) is 5.29. The van der Waals surface area contributed by atoms with Crippen molar-refractivity contribution in [1.29, 1.82) is 0 Å². The van der Waals surface area contributed by atoms with Gasteiger partial charge < -0.3 is 5.73 Å². The van der Waals surface area contributed by atoms with Gasteiger partial charge in [-0.2, -0.15) is 0 Å². The van der Waals surface area contributed by atoms with E-state index in [9.17, 15) is 4.79 Å². The van der Waals surface area contributed by atoms with Crippen molar-refractivity contribution in [2.75, 3.05) is 0 Å². The van der Waals surface area contributed by atoms with Crippen LogP contribution in [0.25, 0.3) is 0 Å². The van der Waals surface area contributed by atoms with Crippen LogP contribution in [0.15, 0.2) is 18.2 Å². The topological polar surface area (TPSA) is 43.1 Å². The Morgan fingerprint density at radius 2 is 2.00 bits per heavy atom. The third-order valence-electron chi connectivity index (χ3n) is 2.88. The van der Waals surface area contributed by atoms with E-state index in [-0.39, 0.29) is 5.78 Å². The van der Waals surface area contributed by atoms with Crippen molar-refractivity contribution in [2.24, 2.45) is 5.73 Å². The molecule has 0 fully saturated rings. The van der Waals surface area contributed by atoms with Gasteiger partial charge in [-0.15, -0.1) is 0 Å². The average Bonchev–Trinajstić information content (AvgIpc) is 2.17. The number of benzene rings is 1. The van der Waals surface area contributed by atoms with Crippen molar-refractivity contribution in [3.63, 3.8) is 0 Å². The Balaban J connectivity index is 3.12. The van der Waals surface area contributed by atoms with Crippen LogP contribution in [0.5, 0.6) is 0 Å². The number of Topliss-reactive ketones (excluding diaryl/α,β-unsaturated/α-hetero) is 1. The molecule has 0 bridgehead atoms. The highest BCUT2D eigenvalue weighted by molar-refractivity contribution is 6.03. The third-order valence-corrected chi connectivity index (χ3v) is 2.88. The van der Waals surface area contributed by atoms with E-state index in [0.29, 0.717) is 6.42 Å². The zero-order valence-corrected chi connectivity index (χ0v) is 9.92. The summed E-state index contributed by atoms with van der Waals surface area (Å²) in [7, 11) is 0. The Morgan fingerprint density at radius 3 is 2.47 bits per heavy atom. The number of aryl methyl sites for hydroxylation is 2. The maximum absolute atomic E-state index is 12.1. The van der Waals surface area contributed by atoms with Gasteiger partial charge in [-0.05, 0) is 32.8 Å². The third kappa shape index (κ3) is 2.45. The molecule has 1 rings (SSSR count). The Morgan fingerprint density at radius 1 is 1.40 bits per heavy atom. The largest absolute Gasteiger partial charge is 0.319 e. The predicted octanol–water partition coefficient (Wildman–Crippen LogP) is 2.61. The first kappa shape index (κ1) is 11.9. The molecule has 0 radical (unpaired) electrons. The molecular weight excluding hydrogens is 186 g/mol. The summed E-state index contributed by atoms with van der Waals surface area (Å²) in [5.41, 5.74) is 8.11. The van der Waals surface area contributed by atoms with Gasteiger partial charge in [0, 0.05) is 5.56 Å². The molecule has 0 aliphatic carbocycles. The molecule has 0 aliphatic rings. The highest BCUT2D eigenvalue weighted by atomic mass is 16.1. The summed E-state index contributed by atoms with van der Waals surface area (Å²) in [5.74, 6) is 0.0301. The Hall–Kier alpha value is -1.15. The molecule has 0 saturated carbocycles. The molecule has 0 aromatic heterocycles. The fraction of sp³-hybridized carbons (Fsp3) is 0.462.